The van der Waals surface area contributed by atoms with E-state index in [1.165, 1.54) is 7.11 Å². The minimum atomic E-state index is -4.56. The molecular formula is C22H25F3N2O5. The highest BCUT2D eigenvalue weighted by molar-refractivity contribution is 5.92. The van der Waals surface area contributed by atoms with E-state index in [0.717, 1.165) is 23.8 Å². The number of methoxy groups -OCH3 is 1. The van der Waals surface area contributed by atoms with Crippen LogP contribution in [0.15, 0.2) is 48.5 Å². The lowest BCUT2D eigenvalue weighted by molar-refractivity contribution is -0.137. The molecule has 2 amide bonds. The fourth-order valence-corrected chi connectivity index (χ4v) is 2.59. The van der Waals surface area contributed by atoms with Crippen molar-refractivity contribution in [3.8, 4) is 5.75 Å². The van der Waals surface area contributed by atoms with Gasteiger partial charge < -0.3 is 24.8 Å². The number of hydrogen-bond acceptors (Lipinski definition) is 5. The van der Waals surface area contributed by atoms with Gasteiger partial charge in [0.05, 0.1) is 17.9 Å². The number of halogens is 3. The molecule has 0 fully saturated rings. The molecule has 0 aliphatic heterocycles. The fraction of sp³-hybridized carbons (Fsp3) is 0.364. The molecule has 32 heavy (non-hydrogen) atoms. The molecule has 0 heterocycles. The molecule has 0 saturated carbocycles. The first-order chi connectivity index (χ1) is 15.3. The van der Waals surface area contributed by atoms with E-state index in [4.69, 9.17) is 14.2 Å². The van der Waals surface area contributed by atoms with E-state index >= 15 is 0 Å². The van der Waals surface area contributed by atoms with Gasteiger partial charge in [-0.2, -0.15) is 13.2 Å². The highest BCUT2D eigenvalue weighted by Gasteiger charge is 2.31. The van der Waals surface area contributed by atoms with Crippen molar-refractivity contribution in [2.75, 3.05) is 32.2 Å². The predicted octanol–water partition coefficient (Wildman–Crippen LogP) is 4.38. The van der Waals surface area contributed by atoms with Gasteiger partial charge in [0.2, 0.25) is 5.91 Å². The molecule has 0 aliphatic rings. The van der Waals surface area contributed by atoms with Gasteiger partial charge in [-0.3, -0.25) is 4.79 Å². The van der Waals surface area contributed by atoms with Crippen LogP contribution in [0.4, 0.5) is 23.7 Å². The first-order valence-electron chi connectivity index (χ1n) is 9.87. The van der Waals surface area contributed by atoms with E-state index in [1.807, 2.05) is 30.3 Å². The molecule has 2 aromatic carbocycles. The number of alkyl halides is 3. The number of amides is 2. The normalized spacial score (nSPS) is 11.0. The highest BCUT2D eigenvalue weighted by Crippen LogP contribution is 2.35. The minimum Gasteiger partial charge on any atom is -0.489 e. The molecule has 0 aromatic heterocycles. The lowest BCUT2D eigenvalue weighted by Gasteiger charge is -2.15. The molecule has 2 aromatic rings. The van der Waals surface area contributed by atoms with Gasteiger partial charge >= 0.3 is 12.3 Å². The van der Waals surface area contributed by atoms with Crippen molar-refractivity contribution in [1.29, 1.82) is 0 Å². The van der Waals surface area contributed by atoms with Gasteiger partial charge in [-0.1, -0.05) is 30.3 Å². The Balaban J connectivity index is 1.81. The third-order valence-corrected chi connectivity index (χ3v) is 4.19. The number of nitrogens with one attached hydrogen (secondary N) is 2. The van der Waals surface area contributed by atoms with Crippen LogP contribution in [-0.2, 0) is 27.1 Å². The van der Waals surface area contributed by atoms with Gasteiger partial charge in [0.15, 0.2) is 0 Å². The minimum absolute atomic E-state index is 0.0211. The molecule has 0 unspecified atom stereocenters. The Kier molecular flexibility index (Phi) is 9.80. The van der Waals surface area contributed by atoms with Gasteiger partial charge in [0.1, 0.15) is 19.0 Å². The molecule has 174 valence electrons. The van der Waals surface area contributed by atoms with Gasteiger partial charge in [-0.25, -0.2) is 4.79 Å². The summed E-state index contributed by atoms with van der Waals surface area (Å²) in [5.41, 5.74) is -0.155. The Hall–Kier alpha value is -3.27. The van der Waals surface area contributed by atoms with Crippen LogP contribution in [0.5, 0.6) is 5.75 Å². The van der Waals surface area contributed by atoms with Crippen LogP contribution in [0.25, 0.3) is 0 Å². The van der Waals surface area contributed by atoms with Crippen molar-refractivity contribution in [3.63, 3.8) is 0 Å². The Morgan fingerprint density at radius 2 is 1.78 bits per heavy atom. The number of alkyl carbamates (subject to hydrolysis) is 1. The quantitative estimate of drug-likeness (QED) is 0.493. The molecule has 0 aliphatic carbocycles. The maximum absolute atomic E-state index is 13.0. The zero-order chi connectivity index (χ0) is 23.4. The van der Waals surface area contributed by atoms with Crippen LogP contribution in [-0.4, -0.2) is 38.9 Å². The van der Waals surface area contributed by atoms with Crippen LogP contribution in [0.2, 0.25) is 0 Å². The van der Waals surface area contributed by atoms with E-state index in [2.05, 4.69) is 10.6 Å². The molecular weight excluding hydrogens is 429 g/mol. The summed E-state index contributed by atoms with van der Waals surface area (Å²) < 4.78 is 54.3. The van der Waals surface area contributed by atoms with Crippen LogP contribution in [0.1, 0.15) is 24.0 Å². The zero-order valence-electron chi connectivity index (χ0n) is 17.5. The number of carbonyl (C=O) groups excluding carboxylic acids is 2. The molecule has 0 radical (unpaired) electrons. The van der Waals surface area contributed by atoms with Crippen molar-refractivity contribution in [2.24, 2.45) is 0 Å². The van der Waals surface area contributed by atoms with Gasteiger partial charge in [-0.05, 0) is 30.2 Å². The summed E-state index contributed by atoms with van der Waals surface area (Å²) >= 11 is 0. The highest BCUT2D eigenvalue weighted by atomic mass is 19.4. The van der Waals surface area contributed by atoms with Crippen LogP contribution < -0.4 is 15.4 Å². The molecule has 10 heteroatoms. The maximum atomic E-state index is 13.0. The third kappa shape index (κ3) is 8.84. The molecule has 0 spiro atoms. The van der Waals surface area contributed by atoms with Gasteiger partial charge in [0.25, 0.3) is 0 Å². The maximum Gasteiger partial charge on any atom is 0.416 e. The fourth-order valence-electron chi connectivity index (χ4n) is 2.59. The number of anilines is 1. The second kappa shape index (κ2) is 12.6. The summed E-state index contributed by atoms with van der Waals surface area (Å²) in [7, 11) is 1.46. The standard InChI is InChI=1S/C22H25F3N2O5/c1-30-12-13-31-19-10-9-17(22(23,24)25)14-18(19)27-20(28)8-5-11-26-21(29)32-15-16-6-3-2-4-7-16/h2-4,6-7,9-10,14H,5,8,11-13,15H2,1H3,(H,26,29)(H,27,28). The number of rotatable bonds is 11. The Bertz CT molecular complexity index is 876. The van der Waals surface area contributed by atoms with Crippen molar-refractivity contribution in [2.45, 2.75) is 25.6 Å². The van der Waals surface area contributed by atoms with Crippen molar-refractivity contribution < 1.29 is 37.0 Å². The SMILES string of the molecule is COCCOc1ccc(C(F)(F)F)cc1NC(=O)CCCNC(=O)OCc1ccccc1. The summed E-state index contributed by atoms with van der Waals surface area (Å²) in [6, 6.07) is 12.0. The van der Waals surface area contributed by atoms with E-state index in [-0.39, 0.29) is 50.6 Å². The number of hydrogen-bond donors (Lipinski definition) is 2. The molecule has 2 N–H and O–H groups in total. The molecule has 0 bridgehead atoms. The second-order valence-corrected chi connectivity index (χ2v) is 6.69. The average Bonchev–Trinajstić information content (AvgIpc) is 2.76. The van der Waals surface area contributed by atoms with Gasteiger partial charge in [0, 0.05) is 20.1 Å². The average molecular weight is 454 g/mol. The summed E-state index contributed by atoms with van der Waals surface area (Å²) in [5, 5.41) is 4.95. The first-order valence-corrected chi connectivity index (χ1v) is 9.87. The van der Waals surface area contributed by atoms with Crippen molar-refractivity contribution in [3.05, 3.63) is 59.7 Å². The number of carbonyl (C=O) groups is 2. The second-order valence-electron chi connectivity index (χ2n) is 6.69. The van der Waals surface area contributed by atoms with Crippen LogP contribution >= 0.6 is 0 Å². The van der Waals surface area contributed by atoms with E-state index in [0.29, 0.717) is 0 Å². The Morgan fingerprint density at radius 3 is 2.47 bits per heavy atom. The molecule has 0 atom stereocenters. The lowest BCUT2D eigenvalue weighted by atomic mass is 10.1. The summed E-state index contributed by atoms with van der Waals surface area (Å²) in [4.78, 5) is 23.9. The van der Waals surface area contributed by atoms with Crippen molar-refractivity contribution in [1.82, 2.24) is 5.32 Å². The zero-order valence-corrected chi connectivity index (χ0v) is 17.5. The van der Waals surface area contributed by atoms with Crippen LogP contribution in [0.3, 0.4) is 0 Å². The van der Waals surface area contributed by atoms with Crippen LogP contribution in [0, 0.1) is 0 Å². The smallest absolute Gasteiger partial charge is 0.416 e. The van der Waals surface area contributed by atoms with E-state index in [1.54, 1.807) is 0 Å². The monoisotopic (exact) mass is 454 g/mol. The molecule has 2 rings (SSSR count). The number of benzene rings is 2. The molecule has 0 saturated heterocycles. The third-order valence-electron chi connectivity index (χ3n) is 4.19. The number of ether oxygens (including phenoxy) is 3. The first kappa shape index (κ1) is 25.0. The summed E-state index contributed by atoms with van der Waals surface area (Å²) in [6.07, 6.45) is -4.94. The van der Waals surface area contributed by atoms with Crippen molar-refractivity contribution >= 4 is 17.7 Å². The van der Waals surface area contributed by atoms with E-state index in [9.17, 15) is 22.8 Å². The Morgan fingerprint density at radius 1 is 1.03 bits per heavy atom. The van der Waals surface area contributed by atoms with E-state index < -0.39 is 23.7 Å². The Labute approximate surface area is 183 Å². The lowest BCUT2D eigenvalue weighted by Crippen LogP contribution is -2.26. The summed E-state index contributed by atoms with van der Waals surface area (Å²) in [5.74, 6) is -0.411. The topological polar surface area (TPSA) is 85.9 Å². The molecule has 7 nitrogen and oxygen atoms in total. The largest absolute Gasteiger partial charge is 0.489 e. The predicted molar refractivity (Wildman–Crippen MR) is 111 cm³/mol. The van der Waals surface area contributed by atoms with Gasteiger partial charge in [-0.15, -0.1) is 0 Å². The summed E-state index contributed by atoms with van der Waals surface area (Å²) in [6.45, 7) is 0.635.